The van der Waals surface area contributed by atoms with Crippen LogP contribution in [0, 0.1) is 6.92 Å². The number of rotatable bonds is 6. The smallest absolute Gasteiger partial charge is 0.253 e. The topological polar surface area (TPSA) is 8.81 Å². The van der Waals surface area contributed by atoms with E-state index in [2.05, 4.69) is 35.4 Å². The van der Waals surface area contributed by atoms with Crippen LogP contribution < -0.4 is 21.5 Å². The molecule has 0 fully saturated rings. The van der Waals surface area contributed by atoms with Crippen molar-refractivity contribution in [2.75, 3.05) is 0 Å². The van der Waals surface area contributed by atoms with Gasteiger partial charge in [-0.15, -0.1) is 0 Å². The molecule has 1 aromatic heterocycles. The van der Waals surface area contributed by atoms with Gasteiger partial charge in [-0.3, -0.25) is 0 Å². The molecule has 0 saturated carbocycles. The van der Waals surface area contributed by atoms with Crippen molar-refractivity contribution in [2.45, 2.75) is 46.2 Å². The number of imidazole rings is 1. The van der Waals surface area contributed by atoms with Gasteiger partial charge in [-0.1, -0.05) is 42.6 Å². The van der Waals surface area contributed by atoms with Crippen molar-refractivity contribution in [3.63, 3.8) is 0 Å². The SMILES string of the molecule is CCCCCn1cc[n+](Cc2c(Cl)cccc2Cl)c1C.[Br-]. The number of hydrogen-bond acceptors (Lipinski definition) is 0. The van der Waals surface area contributed by atoms with Crippen molar-refractivity contribution in [2.24, 2.45) is 0 Å². The summed E-state index contributed by atoms with van der Waals surface area (Å²) in [6, 6.07) is 5.65. The monoisotopic (exact) mass is 390 g/mol. The summed E-state index contributed by atoms with van der Waals surface area (Å²) < 4.78 is 4.49. The lowest BCUT2D eigenvalue weighted by atomic mass is 10.2. The number of aromatic nitrogens is 2. The fourth-order valence-electron chi connectivity index (χ4n) is 2.33. The van der Waals surface area contributed by atoms with Crippen LogP contribution in [0.25, 0.3) is 0 Å². The highest BCUT2D eigenvalue weighted by Crippen LogP contribution is 2.23. The first-order valence-electron chi connectivity index (χ1n) is 7.11. The summed E-state index contributed by atoms with van der Waals surface area (Å²) in [4.78, 5) is 0. The van der Waals surface area contributed by atoms with Crippen LogP contribution in [0.3, 0.4) is 0 Å². The molecular formula is C16H21BrCl2N2. The summed E-state index contributed by atoms with van der Waals surface area (Å²) in [5, 5.41) is 1.45. The fraction of sp³-hybridized carbons (Fsp3) is 0.438. The van der Waals surface area contributed by atoms with Crippen LogP contribution in [0.5, 0.6) is 0 Å². The third-order valence-corrected chi connectivity index (χ3v) is 4.36. The molecular weight excluding hydrogens is 371 g/mol. The zero-order valence-electron chi connectivity index (χ0n) is 12.5. The molecule has 5 heteroatoms. The van der Waals surface area contributed by atoms with Gasteiger partial charge in [0.15, 0.2) is 0 Å². The summed E-state index contributed by atoms with van der Waals surface area (Å²) >= 11 is 12.5. The summed E-state index contributed by atoms with van der Waals surface area (Å²) in [7, 11) is 0. The highest BCUT2D eigenvalue weighted by Gasteiger charge is 2.15. The number of unbranched alkanes of at least 4 members (excludes halogenated alkanes) is 2. The maximum Gasteiger partial charge on any atom is 0.253 e. The largest absolute Gasteiger partial charge is 1.00 e. The standard InChI is InChI=1S/C16H21Cl2N2.BrH/c1-3-4-5-9-19-10-11-20(13(19)2)12-14-15(17)7-6-8-16(14)18;/h6-8,10-11H,3-5,9,12H2,1-2H3;1H/q+1;/p-1. The number of nitrogens with zero attached hydrogens (tertiary/aromatic N) is 2. The van der Waals surface area contributed by atoms with Crippen molar-refractivity contribution in [3.05, 3.63) is 52.0 Å². The van der Waals surface area contributed by atoms with E-state index < -0.39 is 0 Å². The molecule has 1 heterocycles. The summed E-state index contributed by atoms with van der Waals surface area (Å²) in [6.45, 7) is 6.15. The molecule has 0 atom stereocenters. The Bertz CT molecular complexity index is 561. The third kappa shape index (κ3) is 4.73. The molecule has 116 valence electrons. The number of aryl methyl sites for hydroxylation is 1. The van der Waals surface area contributed by atoms with Crippen LogP contribution in [0.4, 0.5) is 0 Å². The third-order valence-electron chi connectivity index (χ3n) is 3.65. The zero-order valence-corrected chi connectivity index (χ0v) is 15.5. The Kier molecular flexibility index (Phi) is 7.78. The van der Waals surface area contributed by atoms with Crippen LogP contribution >= 0.6 is 23.2 Å². The average Bonchev–Trinajstić information content (AvgIpc) is 2.76. The Labute approximate surface area is 147 Å². The van der Waals surface area contributed by atoms with E-state index in [-0.39, 0.29) is 17.0 Å². The van der Waals surface area contributed by atoms with Crippen molar-refractivity contribution in [1.29, 1.82) is 0 Å². The van der Waals surface area contributed by atoms with E-state index in [0.29, 0.717) is 6.54 Å². The van der Waals surface area contributed by atoms with Gasteiger partial charge in [0.2, 0.25) is 0 Å². The molecule has 0 aliphatic heterocycles. The van der Waals surface area contributed by atoms with Crippen molar-refractivity contribution in [1.82, 2.24) is 4.57 Å². The first-order chi connectivity index (χ1) is 9.63. The van der Waals surface area contributed by atoms with Crippen molar-refractivity contribution < 1.29 is 21.5 Å². The van der Waals surface area contributed by atoms with Gasteiger partial charge in [-0.2, -0.15) is 0 Å². The molecule has 2 rings (SSSR count). The molecule has 0 radical (unpaired) electrons. The fourth-order valence-corrected chi connectivity index (χ4v) is 2.85. The Morgan fingerprint density at radius 3 is 2.43 bits per heavy atom. The van der Waals surface area contributed by atoms with Crippen LogP contribution in [0.15, 0.2) is 30.6 Å². The quantitative estimate of drug-likeness (QED) is 0.522. The summed E-state index contributed by atoms with van der Waals surface area (Å²) in [6.07, 6.45) is 7.97. The van der Waals surface area contributed by atoms with Gasteiger partial charge < -0.3 is 17.0 Å². The van der Waals surface area contributed by atoms with Crippen LogP contribution in [-0.2, 0) is 13.1 Å². The van der Waals surface area contributed by atoms with E-state index >= 15 is 0 Å². The van der Waals surface area contributed by atoms with E-state index in [4.69, 9.17) is 23.2 Å². The molecule has 0 aliphatic carbocycles. The molecule has 2 nitrogen and oxygen atoms in total. The molecule has 0 spiro atoms. The molecule has 0 unspecified atom stereocenters. The van der Waals surface area contributed by atoms with Crippen LogP contribution in [-0.4, -0.2) is 4.57 Å². The van der Waals surface area contributed by atoms with E-state index in [1.54, 1.807) is 0 Å². The normalized spacial score (nSPS) is 10.5. The Morgan fingerprint density at radius 2 is 1.81 bits per heavy atom. The lowest BCUT2D eigenvalue weighted by molar-refractivity contribution is -0.693. The minimum atomic E-state index is 0. The summed E-state index contributed by atoms with van der Waals surface area (Å²) in [5.74, 6) is 1.23. The van der Waals surface area contributed by atoms with Gasteiger partial charge in [0.1, 0.15) is 18.9 Å². The summed E-state index contributed by atoms with van der Waals surface area (Å²) in [5.41, 5.74) is 0.982. The molecule has 0 saturated heterocycles. The predicted molar refractivity (Wildman–Crippen MR) is 84.5 cm³/mol. The van der Waals surface area contributed by atoms with Crippen molar-refractivity contribution in [3.8, 4) is 0 Å². The van der Waals surface area contributed by atoms with Crippen LogP contribution in [0.2, 0.25) is 10.0 Å². The lowest BCUT2D eigenvalue weighted by Gasteiger charge is -2.05. The van der Waals surface area contributed by atoms with Gasteiger partial charge in [-0.05, 0) is 25.0 Å². The molecule has 0 aliphatic rings. The zero-order chi connectivity index (χ0) is 14.5. The highest BCUT2D eigenvalue weighted by molar-refractivity contribution is 6.35. The van der Waals surface area contributed by atoms with Gasteiger partial charge in [-0.25, -0.2) is 9.13 Å². The second kappa shape index (κ2) is 8.82. The van der Waals surface area contributed by atoms with Gasteiger partial charge >= 0.3 is 0 Å². The minimum Gasteiger partial charge on any atom is -1.00 e. The van der Waals surface area contributed by atoms with Gasteiger partial charge in [0.05, 0.1) is 6.54 Å². The van der Waals surface area contributed by atoms with E-state index in [9.17, 15) is 0 Å². The second-order valence-corrected chi connectivity index (χ2v) is 5.89. The molecule has 0 amide bonds. The number of benzene rings is 1. The Balaban J connectivity index is 0.00000220. The average molecular weight is 392 g/mol. The van der Waals surface area contributed by atoms with Crippen molar-refractivity contribution >= 4 is 23.2 Å². The number of halogens is 3. The molecule has 0 bridgehead atoms. The molecule has 2 aromatic rings. The molecule has 21 heavy (non-hydrogen) atoms. The van der Waals surface area contributed by atoms with Crippen LogP contribution in [0.1, 0.15) is 37.6 Å². The molecule has 1 aromatic carbocycles. The number of hydrogen-bond donors (Lipinski definition) is 0. The first-order valence-corrected chi connectivity index (χ1v) is 7.87. The van der Waals surface area contributed by atoms with Gasteiger partial charge in [0, 0.05) is 22.5 Å². The van der Waals surface area contributed by atoms with Gasteiger partial charge in [0.25, 0.3) is 5.82 Å². The maximum absolute atomic E-state index is 6.24. The van der Waals surface area contributed by atoms with E-state index in [1.165, 1.54) is 25.1 Å². The minimum absolute atomic E-state index is 0. The maximum atomic E-state index is 6.24. The lowest BCUT2D eigenvalue weighted by Crippen LogP contribution is -3.00. The second-order valence-electron chi connectivity index (χ2n) is 5.07. The van der Waals surface area contributed by atoms with E-state index in [0.717, 1.165) is 22.2 Å². The van der Waals surface area contributed by atoms with E-state index in [1.807, 2.05) is 18.2 Å². The predicted octanol–water partition coefficient (Wildman–Crippen LogP) is 1.63. The Hall–Kier alpha value is -0.510. The molecule has 0 N–H and O–H groups in total. The first kappa shape index (κ1) is 18.5. The Morgan fingerprint density at radius 1 is 1.14 bits per heavy atom. The highest BCUT2D eigenvalue weighted by atomic mass is 79.9.